The van der Waals surface area contributed by atoms with E-state index in [9.17, 15) is 0 Å². The number of hydrogen-bond acceptors (Lipinski definition) is 0. The first kappa shape index (κ1) is 12.5. The fourth-order valence-corrected chi connectivity index (χ4v) is 4.15. The molecule has 2 aliphatic carbocycles. The fraction of sp³-hybridized carbons (Fsp3) is 1.00. The van der Waals surface area contributed by atoms with E-state index in [0.717, 1.165) is 11.8 Å². The molecule has 16 heavy (non-hydrogen) atoms. The lowest BCUT2D eigenvalue weighted by Crippen LogP contribution is -2.29. The van der Waals surface area contributed by atoms with Gasteiger partial charge >= 0.3 is 0 Å². The average molecular weight is 218 g/mol. The first-order valence-corrected chi connectivity index (χ1v) is 7.55. The van der Waals surface area contributed by atoms with E-state index in [1.165, 1.54) is 70.6 Å². The van der Waals surface area contributed by atoms with Crippen molar-refractivity contribution in [3.8, 4) is 0 Å². The van der Waals surface area contributed by atoms with Crippen molar-refractivity contribution >= 4 is 7.85 Å². The van der Waals surface area contributed by atoms with Gasteiger partial charge < -0.3 is 0 Å². The van der Waals surface area contributed by atoms with E-state index in [4.69, 9.17) is 7.85 Å². The molecular formula is C15H27B. The Labute approximate surface area is 103 Å². The average Bonchev–Trinajstić information content (AvgIpc) is 2.39. The van der Waals surface area contributed by atoms with Crippen LogP contribution in [0.5, 0.6) is 0 Å². The molecular weight excluding hydrogens is 191 g/mol. The number of rotatable bonds is 1. The molecule has 0 nitrogen and oxygen atoms in total. The van der Waals surface area contributed by atoms with Gasteiger partial charge in [-0.2, -0.15) is 0 Å². The van der Waals surface area contributed by atoms with Crippen LogP contribution in [-0.2, 0) is 0 Å². The molecule has 2 fully saturated rings. The molecule has 2 aliphatic rings. The Morgan fingerprint density at radius 2 is 1.56 bits per heavy atom. The Morgan fingerprint density at radius 1 is 0.938 bits per heavy atom. The van der Waals surface area contributed by atoms with Crippen molar-refractivity contribution in [2.75, 3.05) is 0 Å². The predicted octanol–water partition coefficient (Wildman–Crippen LogP) is 4.88. The highest BCUT2D eigenvalue weighted by Gasteiger charge is 2.38. The minimum absolute atomic E-state index is 0.179. The molecule has 0 amide bonds. The van der Waals surface area contributed by atoms with Crippen LogP contribution in [0.3, 0.4) is 0 Å². The number of hydrogen-bond donors (Lipinski definition) is 0. The summed E-state index contributed by atoms with van der Waals surface area (Å²) in [5, 5.41) is 0.179. The molecule has 0 bridgehead atoms. The normalized spacial score (nSPS) is 41.6. The van der Waals surface area contributed by atoms with Crippen molar-refractivity contribution in [3.05, 3.63) is 0 Å². The van der Waals surface area contributed by atoms with Gasteiger partial charge in [0.2, 0.25) is 0 Å². The van der Waals surface area contributed by atoms with Gasteiger partial charge in [0.25, 0.3) is 0 Å². The Bertz CT molecular complexity index is 213. The molecule has 2 rings (SSSR count). The van der Waals surface area contributed by atoms with Crippen LogP contribution in [0.2, 0.25) is 5.31 Å². The summed E-state index contributed by atoms with van der Waals surface area (Å²) in [5.41, 5.74) is 0. The monoisotopic (exact) mass is 218 g/mol. The Morgan fingerprint density at radius 3 is 2.25 bits per heavy atom. The molecule has 0 saturated heterocycles. The maximum Gasteiger partial charge on any atom is 0.0750 e. The lowest BCUT2D eigenvalue weighted by atomic mass is 9.53. The zero-order valence-corrected chi connectivity index (χ0v) is 11.0. The summed E-state index contributed by atoms with van der Waals surface area (Å²) in [6.07, 6.45) is 15.4. The van der Waals surface area contributed by atoms with E-state index < -0.39 is 0 Å². The first-order valence-electron chi connectivity index (χ1n) is 7.55. The number of fused-ring (bicyclic) bond motifs is 1. The van der Waals surface area contributed by atoms with E-state index in [-0.39, 0.29) is 5.31 Å². The molecule has 0 spiro atoms. The first-order chi connectivity index (χ1) is 7.76. The maximum absolute atomic E-state index is 6.73. The van der Waals surface area contributed by atoms with E-state index in [0.29, 0.717) is 0 Å². The van der Waals surface area contributed by atoms with Gasteiger partial charge in [0.05, 0.1) is 7.85 Å². The van der Waals surface area contributed by atoms with Gasteiger partial charge in [0.1, 0.15) is 0 Å². The Balaban J connectivity index is 2.13. The minimum atomic E-state index is 0.179. The van der Waals surface area contributed by atoms with Gasteiger partial charge in [0, 0.05) is 0 Å². The highest BCUT2D eigenvalue weighted by molar-refractivity contribution is 6.15. The third-order valence-electron chi connectivity index (χ3n) is 5.27. The summed E-state index contributed by atoms with van der Waals surface area (Å²) in [4.78, 5) is 0. The molecule has 2 saturated carbocycles. The third-order valence-corrected chi connectivity index (χ3v) is 5.27. The van der Waals surface area contributed by atoms with Gasteiger partial charge in [-0.15, -0.1) is 0 Å². The van der Waals surface area contributed by atoms with E-state index in [1.54, 1.807) is 0 Å². The standard InChI is InChI=1S/C15H27B/c1-2-15(16)12-8-7-10-13-9-5-3-4-6-11-14(13)15/h13-14H,2-12H2,1H3. The molecule has 0 aromatic heterocycles. The summed E-state index contributed by atoms with van der Waals surface area (Å²) in [6.45, 7) is 2.31. The second-order valence-corrected chi connectivity index (χ2v) is 6.19. The molecule has 0 aromatic carbocycles. The van der Waals surface area contributed by atoms with Crippen LogP contribution in [0.25, 0.3) is 0 Å². The minimum Gasteiger partial charge on any atom is -0.0656 e. The second-order valence-electron chi connectivity index (χ2n) is 6.19. The van der Waals surface area contributed by atoms with Gasteiger partial charge in [-0.1, -0.05) is 82.9 Å². The maximum atomic E-state index is 6.73. The van der Waals surface area contributed by atoms with E-state index in [1.807, 2.05) is 0 Å². The molecule has 0 N–H and O–H groups in total. The zero-order chi connectivity index (χ0) is 11.4. The summed E-state index contributed by atoms with van der Waals surface area (Å²) in [7, 11) is 6.73. The smallest absolute Gasteiger partial charge is 0.0656 e. The van der Waals surface area contributed by atoms with Gasteiger partial charge in [-0.25, -0.2) is 0 Å². The van der Waals surface area contributed by atoms with Crippen molar-refractivity contribution in [1.82, 2.24) is 0 Å². The molecule has 0 heterocycles. The molecule has 3 atom stereocenters. The zero-order valence-electron chi connectivity index (χ0n) is 11.0. The van der Waals surface area contributed by atoms with Crippen molar-refractivity contribution in [2.45, 2.75) is 82.9 Å². The Kier molecular flexibility index (Phi) is 4.38. The van der Waals surface area contributed by atoms with Crippen LogP contribution >= 0.6 is 0 Å². The molecule has 90 valence electrons. The summed E-state index contributed by atoms with van der Waals surface area (Å²) in [5.74, 6) is 1.79. The van der Waals surface area contributed by atoms with Crippen LogP contribution in [0.1, 0.15) is 77.6 Å². The van der Waals surface area contributed by atoms with Crippen LogP contribution in [0.4, 0.5) is 0 Å². The van der Waals surface area contributed by atoms with Gasteiger partial charge in [-0.05, 0) is 11.8 Å². The molecule has 1 heteroatoms. The van der Waals surface area contributed by atoms with Crippen molar-refractivity contribution < 1.29 is 0 Å². The lowest BCUT2D eigenvalue weighted by molar-refractivity contribution is 0.191. The van der Waals surface area contributed by atoms with Gasteiger partial charge in [-0.3, -0.25) is 0 Å². The molecule has 2 radical (unpaired) electrons. The van der Waals surface area contributed by atoms with Crippen molar-refractivity contribution in [1.29, 1.82) is 0 Å². The van der Waals surface area contributed by atoms with Crippen LogP contribution < -0.4 is 0 Å². The summed E-state index contributed by atoms with van der Waals surface area (Å²) >= 11 is 0. The second kappa shape index (κ2) is 5.60. The highest BCUT2D eigenvalue weighted by Crippen LogP contribution is 2.52. The Hall–Kier alpha value is 0.0649. The van der Waals surface area contributed by atoms with Gasteiger partial charge in [0.15, 0.2) is 0 Å². The van der Waals surface area contributed by atoms with Crippen LogP contribution in [-0.4, -0.2) is 7.85 Å². The van der Waals surface area contributed by atoms with Crippen molar-refractivity contribution in [2.24, 2.45) is 11.8 Å². The fourth-order valence-electron chi connectivity index (χ4n) is 4.15. The summed E-state index contributed by atoms with van der Waals surface area (Å²) in [6, 6.07) is 0. The predicted molar refractivity (Wildman–Crippen MR) is 71.9 cm³/mol. The van der Waals surface area contributed by atoms with Crippen molar-refractivity contribution in [3.63, 3.8) is 0 Å². The molecule has 0 aliphatic heterocycles. The molecule has 0 aromatic rings. The SMILES string of the molecule is [B]C1(CC)CCCCC2CCCCCCC21. The largest absolute Gasteiger partial charge is 0.0750 e. The van der Waals surface area contributed by atoms with Crippen LogP contribution in [0.15, 0.2) is 0 Å². The highest BCUT2D eigenvalue weighted by atomic mass is 14.4. The quantitative estimate of drug-likeness (QED) is 0.550. The summed E-state index contributed by atoms with van der Waals surface area (Å²) < 4.78 is 0. The molecule has 3 unspecified atom stereocenters. The topological polar surface area (TPSA) is 0 Å². The third kappa shape index (κ3) is 2.66. The lowest BCUT2D eigenvalue weighted by Gasteiger charge is -2.42. The van der Waals surface area contributed by atoms with E-state index >= 15 is 0 Å². The van der Waals surface area contributed by atoms with Crippen LogP contribution in [0, 0.1) is 11.8 Å². The van der Waals surface area contributed by atoms with E-state index in [2.05, 4.69) is 6.92 Å².